The lowest BCUT2D eigenvalue weighted by molar-refractivity contribution is 0.0925. The number of rotatable bonds is 3. The standard InChI is InChI=1S/C21H15N5O3/c1-25-19-17(18(24-25)12-6-5-9-22-10-12)16-13(11-23-19)20(27)26(21(16)28)14-7-3-4-8-15(14)29-2/h3-11H,1-2H3. The number of nitrogens with zero attached hydrogens (tertiary/aromatic N) is 5. The fourth-order valence-corrected chi connectivity index (χ4v) is 3.67. The number of hydrogen-bond acceptors (Lipinski definition) is 6. The van der Waals surface area contributed by atoms with Gasteiger partial charge in [-0.3, -0.25) is 14.6 Å². The quantitative estimate of drug-likeness (QED) is 0.504. The summed E-state index contributed by atoms with van der Waals surface area (Å²) in [5.74, 6) is -0.435. The molecule has 0 N–H and O–H groups in total. The molecule has 1 aliphatic rings. The molecule has 0 saturated heterocycles. The summed E-state index contributed by atoms with van der Waals surface area (Å²) in [5, 5.41) is 5.07. The highest BCUT2D eigenvalue weighted by Gasteiger charge is 2.41. The van der Waals surface area contributed by atoms with E-state index < -0.39 is 11.8 Å². The van der Waals surface area contributed by atoms with Crippen LogP contribution < -0.4 is 9.64 Å². The molecule has 1 aromatic carbocycles. The van der Waals surface area contributed by atoms with Crippen molar-refractivity contribution in [2.45, 2.75) is 0 Å². The first kappa shape index (κ1) is 17.1. The van der Waals surface area contributed by atoms with Crippen molar-refractivity contribution >= 4 is 28.5 Å². The molecule has 0 bridgehead atoms. The number of benzene rings is 1. The maximum absolute atomic E-state index is 13.5. The molecule has 3 aromatic heterocycles. The number of methoxy groups -OCH3 is 1. The van der Waals surface area contributed by atoms with Gasteiger partial charge in [-0.1, -0.05) is 12.1 Å². The third-order valence-corrected chi connectivity index (χ3v) is 4.96. The number of pyridine rings is 2. The summed E-state index contributed by atoms with van der Waals surface area (Å²) in [5.41, 5.74) is 2.74. The van der Waals surface area contributed by atoms with Crippen LogP contribution in [-0.4, -0.2) is 38.7 Å². The Bertz CT molecular complexity index is 1300. The van der Waals surface area contributed by atoms with E-state index in [-0.39, 0.29) is 11.1 Å². The summed E-state index contributed by atoms with van der Waals surface area (Å²) in [6, 6.07) is 10.6. The van der Waals surface area contributed by atoms with Crippen molar-refractivity contribution in [1.82, 2.24) is 19.7 Å². The predicted octanol–water partition coefficient (Wildman–Crippen LogP) is 2.84. The fourth-order valence-electron chi connectivity index (χ4n) is 3.67. The maximum atomic E-state index is 13.5. The van der Waals surface area contributed by atoms with Gasteiger partial charge in [0.05, 0.1) is 29.3 Å². The van der Waals surface area contributed by atoms with Crippen LogP contribution in [0.2, 0.25) is 0 Å². The summed E-state index contributed by atoms with van der Waals surface area (Å²) < 4.78 is 6.95. The number of imide groups is 1. The van der Waals surface area contributed by atoms with Gasteiger partial charge in [0.2, 0.25) is 0 Å². The number of carbonyl (C=O) groups excluding carboxylic acids is 2. The van der Waals surface area contributed by atoms with Gasteiger partial charge >= 0.3 is 0 Å². The molecule has 8 nitrogen and oxygen atoms in total. The van der Waals surface area contributed by atoms with E-state index in [2.05, 4.69) is 15.1 Å². The van der Waals surface area contributed by atoms with E-state index in [1.807, 2.05) is 6.07 Å². The Morgan fingerprint density at radius 2 is 1.83 bits per heavy atom. The van der Waals surface area contributed by atoms with Crippen LogP contribution in [-0.2, 0) is 7.05 Å². The van der Waals surface area contributed by atoms with E-state index in [9.17, 15) is 9.59 Å². The van der Waals surface area contributed by atoms with Gasteiger partial charge in [0.25, 0.3) is 11.8 Å². The van der Waals surface area contributed by atoms with Crippen LogP contribution in [0.5, 0.6) is 5.75 Å². The largest absolute Gasteiger partial charge is 0.495 e. The molecule has 0 unspecified atom stereocenters. The number of aryl methyl sites for hydroxylation is 1. The van der Waals surface area contributed by atoms with Gasteiger partial charge in [-0.05, 0) is 24.3 Å². The molecule has 0 atom stereocenters. The van der Waals surface area contributed by atoms with Gasteiger partial charge in [0.1, 0.15) is 11.4 Å². The molecule has 0 radical (unpaired) electrons. The number of anilines is 1. The van der Waals surface area contributed by atoms with Crippen molar-refractivity contribution in [1.29, 1.82) is 0 Å². The van der Waals surface area contributed by atoms with Crippen LogP contribution >= 0.6 is 0 Å². The monoisotopic (exact) mass is 385 g/mol. The Morgan fingerprint density at radius 3 is 2.59 bits per heavy atom. The Morgan fingerprint density at radius 1 is 1.00 bits per heavy atom. The normalized spacial score (nSPS) is 13.2. The first-order chi connectivity index (χ1) is 14.1. The number of carbonyl (C=O) groups is 2. The average molecular weight is 385 g/mol. The summed E-state index contributed by atoms with van der Waals surface area (Å²) in [7, 11) is 3.25. The highest BCUT2D eigenvalue weighted by atomic mass is 16.5. The Balaban J connectivity index is 1.78. The zero-order chi connectivity index (χ0) is 20.1. The number of hydrogen-bond donors (Lipinski definition) is 0. The zero-order valence-corrected chi connectivity index (χ0v) is 15.7. The van der Waals surface area contributed by atoms with E-state index >= 15 is 0 Å². The molecule has 29 heavy (non-hydrogen) atoms. The van der Waals surface area contributed by atoms with Gasteiger partial charge < -0.3 is 4.74 Å². The Labute approximate surface area is 165 Å². The lowest BCUT2D eigenvalue weighted by atomic mass is 10.0. The molecule has 0 saturated carbocycles. The molecule has 4 aromatic rings. The zero-order valence-electron chi connectivity index (χ0n) is 15.7. The number of para-hydroxylation sites is 2. The molecule has 0 fully saturated rings. The number of aromatic nitrogens is 4. The van der Waals surface area contributed by atoms with Gasteiger partial charge in [-0.25, -0.2) is 14.6 Å². The van der Waals surface area contributed by atoms with Crippen molar-refractivity contribution < 1.29 is 14.3 Å². The van der Waals surface area contributed by atoms with E-state index in [4.69, 9.17) is 4.74 Å². The second-order valence-electron chi connectivity index (χ2n) is 6.58. The highest BCUT2D eigenvalue weighted by Crippen LogP contribution is 2.39. The first-order valence-electron chi connectivity index (χ1n) is 8.89. The maximum Gasteiger partial charge on any atom is 0.267 e. The minimum Gasteiger partial charge on any atom is -0.495 e. The van der Waals surface area contributed by atoms with E-state index in [1.54, 1.807) is 54.5 Å². The summed E-state index contributed by atoms with van der Waals surface area (Å²) >= 11 is 0. The van der Waals surface area contributed by atoms with Crippen LogP contribution in [0, 0.1) is 0 Å². The third-order valence-electron chi connectivity index (χ3n) is 4.96. The number of fused-ring (bicyclic) bond motifs is 3. The number of amides is 2. The van der Waals surface area contributed by atoms with Gasteiger partial charge in [0.15, 0.2) is 5.65 Å². The fraction of sp³-hybridized carbons (Fsp3) is 0.0952. The Hall–Kier alpha value is -4.07. The average Bonchev–Trinajstić information content (AvgIpc) is 3.23. The molecule has 8 heteroatoms. The third kappa shape index (κ3) is 2.35. The second kappa shape index (κ2) is 6.23. The first-order valence-corrected chi connectivity index (χ1v) is 8.89. The van der Waals surface area contributed by atoms with Crippen LogP contribution in [0.15, 0.2) is 55.0 Å². The van der Waals surface area contributed by atoms with E-state index in [0.717, 1.165) is 10.5 Å². The van der Waals surface area contributed by atoms with E-state index in [1.165, 1.54) is 13.3 Å². The van der Waals surface area contributed by atoms with Crippen molar-refractivity contribution in [3.63, 3.8) is 0 Å². The predicted molar refractivity (Wildman–Crippen MR) is 106 cm³/mol. The molecule has 4 heterocycles. The molecule has 0 aliphatic carbocycles. The summed E-state index contributed by atoms with van der Waals surface area (Å²) in [6.07, 6.45) is 4.76. The van der Waals surface area contributed by atoms with Crippen LogP contribution in [0.1, 0.15) is 20.7 Å². The van der Waals surface area contributed by atoms with Crippen molar-refractivity contribution in [2.24, 2.45) is 7.05 Å². The van der Waals surface area contributed by atoms with Crippen LogP contribution in [0.3, 0.4) is 0 Å². The van der Waals surface area contributed by atoms with Crippen molar-refractivity contribution in [2.75, 3.05) is 12.0 Å². The van der Waals surface area contributed by atoms with Gasteiger partial charge in [-0.15, -0.1) is 0 Å². The Kier molecular flexibility index (Phi) is 3.67. The lowest BCUT2D eigenvalue weighted by Gasteiger charge is -2.16. The lowest BCUT2D eigenvalue weighted by Crippen LogP contribution is -2.29. The minimum absolute atomic E-state index is 0.242. The second-order valence-corrected chi connectivity index (χ2v) is 6.58. The minimum atomic E-state index is -0.440. The smallest absolute Gasteiger partial charge is 0.267 e. The SMILES string of the molecule is COc1ccccc1N1C(=O)c2cnc3c(c(-c4cccnc4)nn3C)c2C1=O. The molecular weight excluding hydrogens is 370 g/mol. The molecule has 142 valence electrons. The summed E-state index contributed by atoms with van der Waals surface area (Å²) in [6.45, 7) is 0. The molecule has 1 aliphatic heterocycles. The van der Waals surface area contributed by atoms with E-state index in [0.29, 0.717) is 28.2 Å². The molecule has 0 spiro atoms. The van der Waals surface area contributed by atoms with Crippen molar-refractivity contribution in [3.8, 4) is 17.0 Å². The molecule has 2 amide bonds. The van der Waals surface area contributed by atoms with Crippen LogP contribution in [0.25, 0.3) is 22.3 Å². The van der Waals surface area contributed by atoms with Crippen molar-refractivity contribution in [3.05, 3.63) is 66.1 Å². The topological polar surface area (TPSA) is 90.2 Å². The van der Waals surface area contributed by atoms with Gasteiger partial charge in [0, 0.05) is 31.2 Å². The highest BCUT2D eigenvalue weighted by molar-refractivity contribution is 6.38. The van der Waals surface area contributed by atoms with Gasteiger partial charge in [-0.2, -0.15) is 5.10 Å². The summed E-state index contributed by atoms with van der Waals surface area (Å²) in [4.78, 5) is 36.3. The number of ether oxygens (including phenoxy) is 1. The molecular formula is C21H15N5O3. The van der Waals surface area contributed by atoms with Crippen LogP contribution in [0.4, 0.5) is 5.69 Å². The molecule has 5 rings (SSSR count).